The Balaban J connectivity index is 2.01. The van der Waals surface area contributed by atoms with Crippen LogP contribution in [0, 0.1) is 5.92 Å². The van der Waals surface area contributed by atoms with Gasteiger partial charge >= 0.3 is 6.09 Å². The number of ether oxygens (including phenoxy) is 1. The molecule has 1 heterocycles. The second-order valence-electron chi connectivity index (χ2n) is 6.71. The Morgan fingerprint density at radius 2 is 1.68 bits per heavy atom. The number of rotatable bonds is 0. The van der Waals surface area contributed by atoms with Gasteiger partial charge in [-0.25, -0.2) is 9.69 Å². The maximum Gasteiger partial charge on any atom is 0.417 e. The number of hydrogen-bond donors (Lipinski definition) is 0. The Hall–Kier alpha value is -1.06. The molecule has 0 bridgehead atoms. The summed E-state index contributed by atoms with van der Waals surface area (Å²) >= 11 is 0. The smallest absolute Gasteiger partial charge is 0.417 e. The highest BCUT2D eigenvalue weighted by Crippen LogP contribution is 2.36. The first-order valence-electron chi connectivity index (χ1n) is 7.46. The molecular weight excluding hydrogens is 242 g/mol. The summed E-state index contributed by atoms with van der Waals surface area (Å²) in [5.74, 6) is 0.0340. The molecular formula is C15H25NO3. The van der Waals surface area contributed by atoms with Gasteiger partial charge in [0.15, 0.2) is 0 Å². The number of imide groups is 1. The predicted molar refractivity (Wildman–Crippen MR) is 72.7 cm³/mol. The Morgan fingerprint density at radius 3 is 2.32 bits per heavy atom. The summed E-state index contributed by atoms with van der Waals surface area (Å²) in [5.41, 5.74) is -0.541. The molecule has 1 saturated carbocycles. The van der Waals surface area contributed by atoms with Crippen LogP contribution >= 0.6 is 0 Å². The molecule has 19 heavy (non-hydrogen) atoms. The number of amides is 2. The summed E-state index contributed by atoms with van der Waals surface area (Å²) in [6.45, 7) is 5.49. The van der Waals surface area contributed by atoms with E-state index < -0.39 is 11.7 Å². The van der Waals surface area contributed by atoms with E-state index in [-0.39, 0.29) is 17.9 Å². The first kappa shape index (κ1) is 14.4. The Kier molecular flexibility index (Phi) is 4.16. The van der Waals surface area contributed by atoms with Crippen LogP contribution in [0.5, 0.6) is 0 Å². The van der Waals surface area contributed by atoms with Gasteiger partial charge in [-0.15, -0.1) is 0 Å². The van der Waals surface area contributed by atoms with E-state index in [9.17, 15) is 9.59 Å². The van der Waals surface area contributed by atoms with E-state index in [1.165, 1.54) is 24.2 Å². The topological polar surface area (TPSA) is 46.6 Å². The van der Waals surface area contributed by atoms with Crippen molar-refractivity contribution in [2.45, 2.75) is 77.4 Å². The molecule has 0 spiro atoms. The monoisotopic (exact) mass is 267 g/mol. The van der Waals surface area contributed by atoms with Crippen LogP contribution in [0.25, 0.3) is 0 Å². The van der Waals surface area contributed by atoms with Crippen LogP contribution in [0.1, 0.15) is 65.7 Å². The number of hydrogen-bond acceptors (Lipinski definition) is 3. The number of β-lactam (4-membered cyclic amide) rings is 1. The number of fused-ring (bicyclic) bond motifs is 1. The normalized spacial score (nSPS) is 28.6. The third-order valence-corrected chi connectivity index (χ3v) is 3.96. The Labute approximate surface area is 115 Å². The maximum atomic E-state index is 12.1. The minimum atomic E-state index is -0.541. The molecule has 0 N–H and O–H groups in total. The highest BCUT2D eigenvalue weighted by Gasteiger charge is 2.50. The molecule has 1 saturated heterocycles. The summed E-state index contributed by atoms with van der Waals surface area (Å²) in [6, 6.07) is 0.0837. The molecule has 2 aliphatic rings. The van der Waals surface area contributed by atoms with Crippen molar-refractivity contribution < 1.29 is 14.3 Å². The second kappa shape index (κ2) is 5.51. The van der Waals surface area contributed by atoms with Crippen molar-refractivity contribution in [3.63, 3.8) is 0 Å². The molecule has 1 aliphatic heterocycles. The van der Waals surface area contributed by atoms with Crippen LogP contribution in [0.15, 0.2) is 0 Å². The summed E-state index contributed by atoms with van der Waals surface area (Å²) in [6.07, 6.45) is 7.29. The zero-order valence-electron chi connectivity index (χ0n) is 12.3. The van der Waals surface area contributed by atoms with Crippen molar-refractivity contribution in [3.05, 3.63) is 0 Å². The average molecular weight is 267 g/mol. The number of carbonyl (C=O) groups excluding carboxylic acids is 2. The average Bonchev–Trinajstić information content (AvgIpc) is 2.36. The van der Waals surface area contributed by atoms with Crippen LogP contribution in [0.4, 0.5) is 4.79 Å². The number of carbonyl (C=O) groups is 2. The SMILES string of the molecule is CC(C)(C)OC(=O)N1C(=O)C2CCCCCCCC21. The molecule has 2 rings (SSSR count). The van der Waals surface area contributed by atoms with E-state index in [4.69, 9.17) is 4.74 Å². The molecule has 0 radical (unpaired) electrons. The van der Waals surface area contributed by atoms with Gasteiger partial charge < -0.3 is 4.74 Å². The lowest BCUT2D eigenvalue weighted by molar-refractivity contribution is -0.154. The van der Waals surface area contributed by atoms with Gasteiger partial charge in [0.25, 0.3) is 0 Å². The van der Waals surface area contributed by atoms with Gasteiger partial charge in [-0.2, -0.15) is 0 Å². The van der Waals surface area contributed by atoms with E-state index >= 15 is 0 Å². The summed E-state index contributed by atoms with van der Waals surface area (Å²) in [4.78, 5) is 25.6. The van der Waals surface area contributed by atoms with Crippen molar-refractivity contribution in [2.24, 2.45) is 5.92 Å². The molecule has 2 atom stereocenters. The summed E-state index contributed by atoms with van der Waals surface area (Å²) in [5, 5.41) is 0. The van der Waals surface area contributed by atoms with E-state index in [1.807, 2.05) is 20.8 Å². The molecule has 1 aliphatic carbocycles. The van der Waals surface area contributed by atoms with E-state index in [0.717, 1.165) is 25.7 Å². The fourth-order valence-corrected chi connectivity index (χ4v) is 3.04. The molecule has 0 aromatic rings. The van der Waals surface area contributed by atoms with E-state index in [0.29, 0.717) is 0 Å². The number of likely N-dealkylation sites (tertiary alicyclic amines) is 1. The van der Waals surface area contributed by atoms with Gasteiger partial charge in [0.05, 0.1) is 12.0 Å². The van der Waals surface area contributed by atoms with Gasteiger partial charge in [0.1, 0.15) is 5.60 Å². The van der Waals surface area contributed by atoms with Gasteiger partial charge in [-0.1, -0.05) is 32.1 Å². The van der Waals surface area contributed by atoms with E-state index in [1.54, 1.807) is 0 Å². The minimum Gasteiger partial charge on any atom is -0.443 e. The second-order valence-corrected chi connectivity index (χ2v) is 6.71. The zero-order chi connectivity index (χ0) is 14.0. The quantitative estimate of drug-likeness (QED) is 0.631. The molecule has 2 amide bonds. The number of nitrogens with zero attached hydrogens (tertiary/aromatic N) is 1. The van der Waals surface area contributed by atoms with Crippen LogP contribution in [0.2, 0.25) is 0 Å². The first-order chi connectivity index (χ1) is 8.90. The zero-order valence-corrected chi connectivity index (χ0v) is 12.3. The maximum absolute atomic E-state index is 12.1. The van der Waals surface area contributed by atoms with Crippen molar-refractivity contribution >= 4 is 12.0 Å². The van der Waals surface area contributed by atoms with Crippen LogP contribution < -0.4 is 0 Å². The molecule has 2 fully saturated rings. The largest absolute Gasteiger partial charge is 0.443 e. The molecule has 0 aromatic carbocycles. The van der Waals surface area contributed by atoms with E-state index in [2.05, 4.69) is 0 Å². The lowest BCUT2D eigenvalue weighted by Crippen LogP contribution is -2.63. The third kappa shape index (κ3) is 3.28. The Morgan fingerprint density at radius 1 is 1.11 bits per heavy atom. The highest BCUT2D eigenvalue weighted by atomic mass is 16.6. The molecule has 0 aromatic heterocycles. The fourth-order valence-electron chi connectivity index (χ4n) is 3.04. The summed E-state index contributed by atoms with van der Waals surface area (Å²) in [7, 11) is 0. The molecule has 108 valence electrons. The third-order valence-electron chi connectivity index (χ3n) is 3.96. The molecule has 4 heteroatoms. The van der Waals surface area contributed by atoms with Crippen LogP contribution in [-0.4, -0.2) is 28.5 Å². The van der Waals surface area contributed by atoms with Crippen molar-refractivity contribution in [1.82, 2.24) is 4.90 Å². The predicted octanol–water partition coefficient (Wildman–Crippen LogP) is 3.49. The minimum absolute atomic E-state index is 0.0267. The van der Waals surface area contributed by atoms with Crippen LogP contribution in [-0.2, 0) is 9.53 Å². The van der Waals surface area contributed by atoms with Crippen LogP contribution in [0.3, 0.4) is 0 Å². The van der Waals surface area contributed by atoms with Crippen molar-refractivity contribution in [2.75, 3.05) is 0 Å². The Bertz CT molecular complexity index is 359. The fraction of sp³-hybridized carbons (Fsp3) is 0.867. The van der Waals surface area contributed by atoms with Crippen molar-refractivity contribution in [1.29, 1.82) is 0 Å². The van der Waals surface area contributed by atoms with Gasteiger partial charge in [-0.3, -0.25) is 4.79 Å². The van der Waals surface area contributed by atoms with Gasteiger partial charge in [0, 0.05) is 0 Å². The first-order valence-corrected chi connectivity index (χ1v) is 7.46. The molecule has 4 nitrogen and oxygen atoms in total. The lowest BCUT2D eigenvalue weighted by Gasteiger charge is -2.45. The van der Waals surface area contributed by atoms with Gasteiger partial charge in [-0.05, 0) is 33.6 Å². The van der Waals surface area contributed by atoms with Crippen molar-refractivity contribution in [3.8, 4) is 0 Å². The highest BCUT2D eigenvalue weighted by molar-refractivity contribution is 5.99. The standard InChI is InChI=1S/C15H25NO3/c1-15(2,3)19-14(18)16-12-10-8-6-4-5-7-9-11(12)13(16)17/h11-12H,4-10H2,1-3H3. The molecule has 2 unspecified atom stereocenters. The lowest BCUT2D eigenvalue weighted by atomic mass is 9.82. The summed E-state index contributed by atoms with van der Waals surface area (Å²) < 4.78 is 5.33. The van der Waals surface area contributed by atoms with Gasteiger partial charge in [0.2, 0.25) is 5.91 Å².